The smallest absolute Gasteiger partial charge is 0.293 e. The van der Waals surface area contributed by atoms with Crippen molar-refractivity contribution in [3.8, 4) is 6.07 Å². The summed E-state index contributed by atoms with van der Waals surface area (Å²) in [6.07, 6.45) is -5.04. The molecule has 2 nitrogen and oxygen atoms in total. The molecule has 0 aromatic heterocycles. The molecule has 0 saturated heterocycles. The molecule has 0 spiro atoms. The van der Waals surface area contributed by atoms with Gasteiger partial charge in [-0.05, 0) is 12.1 Å². The monoisotopic (exact) mass is 265 g/mol. The van der Waals surface area contributed by atoms with E-state index in [9.17, 15) is 22.4 Å². The Morgan fingerprint density at radius 3 is 2.41 bits per heavy atom. The first-order valence-corrected chi connectivity index (χ1v) is 4.75. The minimum Gasteiger partial charge on any atom is -0.293 e. The van der Waals surface area contributed by atoms with Crippen LogP contribution in [0.1, 0.15) is 21.5 Å². The van der Waals surface area contributed by atoms with Crippen molar-refractivity contribution in [3.63, 3.8) is 0 Å². The van der Waals surface area contributed by atoms with Crippen molar-refractivity contribution in [3.05, 3.63) is 34.6 Å². The summed E-state index contributed by atoms with van der Waals surface area (Å²) in [6, 6.07) is 2.78. The van der Waals surface area contributed by atoms with E-state index >= 15 is 0 Å². The van der Waals surface area contributed by atoms with Crippen molar-refractivity contribution in [2.45, 2.75) is 6.18 Å². The molecular weight excluding hydrogens is 262 g/mol. The quantitative estimate of drug-likeness (QED) is 0.468. The lowest BCUT2D eigenvalue weighted by molar-refractivity contribution is -0.140. The molecule has 90 valence electrons. The molecule has 0 saturated carbocycles. The maximum absolute atomic E-state index is 13.5. The molecule has 0 aliphatic heterocycles. The Labute approximate surface area is 98.4 Å². The van der Waals surface area contributed by atoms with Crippen LogP contribution in [0.2, 0.25) is 0 Å². The van der Waals surface area contributed by atoms with Gasteiger partial charge < -0.3 is 0 Å². The molecule has 0 heterocycles. The van der Waals surface area contributed by atoms with Crippen molar-refractivity contribution in [2.24, 2.45) is 0 Å². The standard InChI is InChI=1S/C10H4ClF4NO/c11-3-7(17)6-2-1-5(4-16)8(9(6)12)10(13,14)15/h1-2H,3H2. The molecule has 0 unspecified atom stereocenters. The van der Waals surface area contributed by atoms with Gasteiger partial charge in [0.15, 0.2) is 5.78 Å². The summed E-state index contributed by atoms with van der Waals surface area (Å²) in [7, 11) is 0. The summed E-state index contributed by atoms with van der Waals surface area (Å²) in [6.45, 7) is 0. The van der Waals surface area contributed by atoms with Gasteiger partial charge in [0.25, 0.3) is 0 Å². The minimum atomic E-state index is -5.04. The Balaban J connectivity index is 3.56. The first kappa shape index (κ1) is 13.5. The highest BCUT2D eigenvalue weighted by Gasteiger charge is 2.38. The van der Waals surface area contributed by atoms with Gasteiger partial charge in [0.2, 0.25) is 0 Å². The molecule has 1 rings (SSSR count). The van der Waals surface area contributed by atoms with Crippen molar-refractivity contribution in [1.82, 2.24) is 0 Å². The summed E-state index contributed by atoms with van der Waals surface area (Å²) in [5.74, 6) is -3.37. The molecule has 0 bridgehead atoms. The van der Waals surface area contributed by atoms with Crippen LogP contribution in [0.5, 0.6) is 0 Å². The summed E-state index contributed by atoms with van der Waals surface area (Å²) in [5, 5.41) is 8.47. The average Bonchev–Trinajstić information content (AvgIpc) is 2.25. The van der Waals surface area contributed by atoms with Crippen molar-refractivity contribution >= 4 is 17.4 Å². The Bertz CT molecular complexity index is 504. The van der Waals surface area contributed by atoms with E-state index in [2.05, 4.69) is 0 Å². The van der Waals surface area contributed by atoms with Gasteiger partial charge in [-0.25, -0.2) is 4.39 Å². The van der Waals surface area contributed by atoms with Crippen LogP contribution in [0.25, 0.3) is 0 Å². The second kappa shape index (κ2) is 4.72. The SMILES string of the molecule is N#Cc1ccc(C(=O)CCl)c(F)c1C(F)(F)F. The van der Waals surface area contributed by atoms with Crippen LogP contribution in [-0.2, 0) is 6.18 Å². The summed E-state index contributed by atoms with van der Waals surface area (Å²) in [4.78, 5) is 11.1. The van der Waals surface area contributed by atoms with Gasteiger partial charge >= 0.3 is 6.18 Å². The maximum atomic E-state index is 13.5. The van der Waals surface area contributed by atoms with E-state index in [0.29, 0.717) is 0 Å². The fraction of sp³-hybridized carbons (Fsp3) is 0.200. The van der Waals surface area contributed by atoms with Crippen LogP contribution in [-0.4, -0.2) is 11.7 Å². The number of carbonyl (C=O) groups excluding carboxylic acids is 1. The molecule has 1 aromatic carbocycles. The molecule has 17 heavy (non-hydrogen) atoms. The van der Waals surface area contributed by atoms with Gasteiger partial charge in [0.05, 0.1) is 23.1 Å². The lowest BCUT2D eigenvalue weighted by atomic mass is 10.0. The number of benzene rings is 1. The second-order valence-electron chi connectivity index (χ2n) is 3.02. The fourth-order valence-electron chi connectivity index (χ4n) is 1.23. The summed E-state index contributed by atoms with van der Waals surface area (Å²) >= 11 is 5.14. The Hall–Kier alpha value is -1.61. The van der Waals surface area contributed by atoms with Gasteiger partial charge in [0, 0.05) is 0 Å². The Morgan fingerprint density at radius 2 is 2.00 bits per heavy atom. The highest BCUT2D eigenvalue weighted by molar-refractivity contribution is 6.30. The molecular formula is C10H4ClF4NO. The molecule has 0 atom stereocenters. The molecule has 7 heteroatoms. The summed E-state index contributed by atoms with van der Waals surface area (Å²) in [5.41, 5.74) is -3.39. The van der Waals surface area contributed by atoms with Crippen LogP contribution in [0.15, 0.2) is 12.1 Å². The van der Waals surface area contributed by atoms with E-state index in [0.717, 1.165) is 12.1 Å². The fourth-order valence-corrected chi connectivity index (χ4v) is 1.38. The first-order chi connectivity index (χ1) is 7.82. The molecule has 0 amide bonds. The lowest BCUT2D eigenvalue weighted by Gasteiger charge is -2.11. The topological polar surface area (TPSA) is 40.9 Å². The van der Waals surface area contributed by atoms with Gasteiger partial charge in [-0.1, -0.05) is 0 Å². The van der Waals surface area contributed by atoms with Crippen LogP contribution in [0.4, 0.5) is 17.6 Å². The Morgan fingerprint density at radius 1 is 1.41 bits per heavy atom. The highest BCUT2D eigenvalue weighted by atomic mass is 35.5. The minimum absolute atomic E-state index is 0.639. The number of hydrogen-bond acceptors (Lipinski definition) is 2. The summed E-state index contributed by atoms with van der Waals surface area (Å²) < 4.78 is 51.0. The Kier molecular flexibility index (Phi) is 3.73. The maximum Gasteiger partial charge on any atom is 0.420 e. The third-order valence-electron chi connectivity index (χ3n) is 1.97. The van der Waals surface area contributed by atoms with Gasteiger partial charge in [-0.3, -0.25) is 4.79 Å². The number of nitriles is 1. The molecule has 0 N–H and O–H groups in total. The molecule has 1 aromatic rings. The number of rotatable bonds is 2. The van der Waals surface area contributed by atoms with Crippen LogP contribution in [0, 0.1) is 17.1 Å². The van der Waals surface area contributed by atoms with Gasteiger partial charge in [-0.15, -0.1) is 11.6 Å². The highest BCUT2D eigenvalue weighted by Crippen LogP contribution is 2.35. The zero-order valence-corrected chi connectivity index (χ0v) is 8.86. The van der Waals surface area contributed by atoms with Gasteiger partial charge in [0.1, 0.15) is 11.4 Å². The average molecular weight is 266 g/mol. The third-order valence-corrected chi connectivity index (χ3v) is 2.21. The van der Waals surface area contributed by atoms with Crippen LogP contribution in [0.3, 0.4) is 0 Å². The van der Waals surface area contributed by atoms with Crippen molar-refractivity contribution in [2.75, 3.05) is 5.88 Å². The number of halogens is 5. The van der Waals surface area contributed by atoms with Crippen LogP contribution >= 0.6 is 11.6 Å². The normalized spacial score (nSPS) is 11.1. The van der Waals surface area contributed by atoms with E-state index in [-0.39, 0.29) is 0 Å². The zero-order chi connectivity index (χ0) is 13.2. The third kappa shape index (κ3) is 2.56. The van der Waals surface area contributed by atoms with Gasteiger partial charge in [-0.2, -0.15) is 18.4 Å². The lowest BCUT2D eigenvalue weighted by Crippen LogP contribution is -2.15. The van der Waals surface area contributed by atoms with E-state index in [1.807, 2.05) is 0 Å². The predicted molar refractivity (Wildman–Crippen MR) is 51.2 cm³/mol. The van der Waals surface area contributed by atoms with Crippen LogP contribution < -0.4 is 0 Å². The van der Waals surface area contributed by atoms with E-state index in [1.54, 1.807) is 0 Å². The van der Waals surface area contributed by atoms with Crippen molar-refractivity contribution < 1.29 is 22.4 Å². The number of alkyl halides is 4. The number of nitrogens with zero attached hydrogens (tertiary/aromatic N) is 1. The first-order valence-electron chi connectivity index (χ1n) is 4.22. The van der Waals surface area contributed by atoms with Crippen molar-refractivity contribution in [1.29, 1.82) is 5.26 Å². The molecule has 0 fully saturated rings. The molecule has 0 aliphatic rings. The number of carbonyl (C=O) groups is 1. The predicted octanol–water partition coefficient (Wildman–Crippen LogP) is 3.14. The number of hydrogen-bond donors (Lipinski definition) is 0. The van der Waals surface area contributed by atoms with E-state index in [4.69, 9.17) is 16.9 Å². The molecule has 0 aliphatic carbocycles. The number of ketones is 1. The second-order valence-corrected chi connectivity index (χ2v) is 3.28. The number of Topliss-reactive ketones (excluding diaryl/α,β-unsaturated/α-hetero) is 1. The largest absolute Gasteiger partial charge is 0.420 e. The zero-order valence-electron chi connectivity index (χ0n) is 8.11. The van der Waals surface area contributed by atoms with E-state index in [1.165, 1.54) is 6.07 Å². The molecule has 0 radical (unpaired) electrons. The van der Waals surface area contributed by atoms with E-state index < -0.39 is 40.3 Å².